The molecular weight excluding hydrogens is 396 g/mol. The number of hydrogen-bond acceptors (Lipinski definition) is 6. The number of hydroxylamine groups is 2. The minimum Gasteiger partial charge on any atom is -0.436 e. The second kappa shape index (κ2) is 9.01. The lowest BCUT2D eigenvalue weighted by Crippen LogP contribution is -2.37. The summed E-state index contributed by atoms with van der Waals surface area (Å²) in [5.41, 5.74) is 2.93. The van der Waals surface area contributed by atoms with Gasteiger partial charge in [-0.1, -0.05) is 60.7 Å². The third-order valence-corrected chi connectivity index (χ3v) is 5.24. The van der Waals surface area contributed by atoms with Crippen LogP contribution in [-0.4, -0.2) is 40.3 Å². The van der Waals surface area contributed by atoms with E-state index < -0.39 is 6.16 Å². The fraction of sp³-hybridized carbons (Fsp3) is 0.261. The van der Waals surface area contributed by atoms with E-state index in [1.807, 2.05) is 72.2 Å². The van der Waals surface area contributed by atoms with Crippen molar-refractivity contribution in [1.82, 2.24) is 19.9 Å². The van der Waals surface area contributed by atoms with Gasteiger partial charge in [0.05, 0.1) is 31.9 Å². The van der Waals surface area contributed by atoms with Crippen LogP contribution in [0.1, 0.15) is 34.7 Å². The van der Waals surface area contributed by atoms with Crippen LogP contribution >= 0.6 is 0 Å². The van der Waals surface area contributed by atoms with Gasteiger partial charge in [0.25, 0.3) is 5.91 Å². The van der Waals surface area contributed by atoms with Gasteiger partial charge < -0.3 is 19.5 Å². The molecule has 1 amide bonds. The molecule has 0 spiro atoms. The van der Waals surface area contributed by atoms with Crippen molar-refractivity contribution in [3.05, 3.63) is 77.6 Å². The van der Waals surface area contributed by atoms with Crippen LogP contribution in [0.3, 0.4) is 0 Å². The smallest absolute Gasteiger partial charge is 0.436 e. The average molecular weight is 420 g/mol. The molecule has 1 aromatic heterocycles. The van der Waals surface area contributed by atoms with Crippen molar-refractivity contribution in [1.29, 1.82) is 0 Å². The highest BCUT2D eigenvalue weighted by molar-refractivity contribution is 5.94. The van der Waals surface area contributed by atoms with Gasteiger partial charge in [-0.15, -0.1) is 5.06 Å². The van der Waals surface area contributed by atoms with E-state index in [0.717, 1.165) is 11.1 Å². The molecule has 1 aliphatic rings. The molecule has 4 rings (SSSR count). The monoisotopic (exact) mass is 420 g/mol. The Morgan fingerprint density at radius 1 is 1.03 bits per heavy atom. The molecule has 1 aliphatic heterocycles. The van der Waals surface area contributed by atoms with E-state index in [2.05, 4.69) is 10.1 Å². The highest BCUT2D eigenvalue weighted by Crippen LogP contribution is 2.27. The molecule has 8 heteroatoms. The van der Waals surface area contributed by atoms with E-state index in [1.54, 1.807) is 0 Å². The number of methoxy groups -OCH3 is 1. The Morgan fingerprint density at radius 2 is 1.71 bits per heavy atom. The molecule has 160 valence electrons. The van der Waals surface area contributed by atoms with Crippen molar-refractivity contribution in [3.8, 4) is 11.4 Å². The Bertz CT molecular complexity index is 1070. The number of aromatic nitrogens is 2. The lowest BCUT2D eigenvalue weighted by Gasteiger charge is -2.27. The first-order valence-corrected chi connectivity index (χ1v) is 10.1. The number of nitrogens with one attached hydrogen (secondary N) is 1. The van der Waals surface area contributed by atoms with Crippen molar-refractivity contribution >= 4 is 12.1 Å². The molecule has 1 N–H and O–H groups in total. The Morgan fingerprint density at radius 3 is 2.39 bits per heavy atom. The zero-order chi connectivity index (χ0) is 21.8. The molecule has 0 aliphatic carbocycles. The van der Waals surface area contributed by atoms with Gasteiger partial charge in [0, 0.05) is 12.1 Å². The van der Waals surface area contributed by atoms with Gasteiger partial charge >= 0.3 is 6.16 Å². The van der Waals surface area contributed by atoms with Crippen LogP contribution in [-0.2, 0) is 22.7 Å². The summed E-state index contributed by atoms with van der Waals surface area (Å²) in [4.78, 5) is 34.6. The van der Waals surface area contributed by atoms with E-state index in [0.29, 0.717) is 30.3 Å². The Kier molecular flexibility index (Phi) is 5.99. The Balaban J connectivity index is 1.66. The van der Waals surface area contributed by atoms with Crippen LogP contribution in [0.4, 0.5) is 4.79 Å². The average Bonchev–Trinajstić information content (AvgIpc) is 3.19. The Labute approximate surface area is 180 Å². The molecule has 0 saturated heterocycles. The maximum absolute atomic E-state index is 13.2. The normalized spacial score (nSPS) is 14.4. The minimum absolute atomic E-state index is 0.183. The van der Waals surface area contributed by atoms with E-state index in [4.69, 9.17) is 9.82 Å². The van der Waals surface area contributed by atoms with E-state index in [1.165, 1.54) is 12.2 Å². The number of rotatable bonds is 5. The van der Waals surface area contributed by atoms with Crippen molar-refractivity contribution in [2.45, 2.75) is 26.1 Å². The summed E-state index contributed by atoms with van der Waals surface area (Å²) in [6, 6.07) is 19.3. The van der Waals surface area contributed by atoms with Gasteiger partial charge in [0.2, 0.25) is 0 Å². The quantitative estimate of drug-likeness (QED) is 0.636. The van der Waals surface area contributed by atoms with Gasteiger partial charge in [-0.05, 0) is 12.5 Å². The number of fused-ring (bicyclic) bond motifs is 1. The van der Waals surface area contributed by atoms with E-state index in [-0.39, 0.29) is 18.5 Å². The van der Waals surface area contributed by atoms with E-state index in [9.17, 15) is 9.59 Å². The summed E-state index contributed by atoms with van der Waals surface area (Å²) in [6.07, 6.45) is -0.792. The SMILES string of the molecule is COC(=O)ON1CCn2c(-c3ccccc3)nc(C(=O)N[C@@H](C)c3ccccc3)c2C1. The summed E-state index contributed by atoms with van der Waals surface area (Å²) in [7, 11) is 1.26. The topological polar surface area (TPSA) is 85.7 Å². The minimum atomic E-state index is -0.792. The zero-order valence-electron chi connectivity index (χ0n) is 17.4. The highest BCUT2D eigenvalue weighted by atomic mass is 16.8. The zero-order valence-corrected chi connectivity index (χ0v) is 17.4. The van der Waals surface area contributed by atoms with Crippen LogP contribution in [0, 0.1) is 0 Å². The number of ether oxygens (including phenoxy) is 1. The van der Waals surface area contributed by atoms with Gasteiger partial charge in [0.1, 0.15) is 5.82 Å². The molecule has 0 unspecified atom stereocenters. The number of carbonyl (C=O) groups excluding carboxylic acids is 2. The fourth-order valence-corrected chi connectivity index (χ4v) is 3.65. The first-order valence-electron chi connectivity index (χ1n) is 10.1. The molecule has 2 heterocycles. The molecule has 0 saturated carbocycles. The van der Waals surface area contributed by atoms with E-state index >= 15 is 0 Å². The standard InChI is InChI=1S/C23H24N4O4/c1-16(17-9-5-3-6-10-17)24-22(28)20-19-15-26(31-23(29)30-2)13-14-27(19)21(25-20)18-11-7-4-8-12-18/h3-12,16H,13-15H2,1-2H3,(H,24,28)/t16-/m0/s1. The molecule has 0 fully saturated rings. The maximum atomic E-state index is 13.2. The summed E-state index contributed by atoms with van der Waals surface area (Å²) in [5.74, 6) is 0.438. The number of nitrogens with zero attached hydrogens (tertiary/aromatic N) is 3. The third kappa shape index (κ3) is 4.44. The van der Waals surface area contributed by atoms with Crippen LogP contribution in [0.25, 0.3) is 11.4 Å². The molecule has 0 radical (unpaired) electrons. The summed E-state index contributed by atoms with van der Waals surface area (Å²) >= 11 is 0. The van der Waals surface area contributed by atoms with Crippen LogP contribution < -0.4 is 5.32 Å². The van der Waals surface area contributed by atoms with Gasteiger partial charge in [0.15, 0.2) is 5.69 Å². The van der Waals surface area contributed by atoms with Crippen molar-refractivity contribution in [3.63, 3.8) is 0 Å². The lowest BCUT2D eigenvalue weighted by molar-refractivity contribution is -0.139. The number of hydrogen-bond donors (Lipinski definition) is 1. The van der Waals surface area contributed by atoms with Crippen LogP contribution in [0.2, 0.25) is 0 Å². The predicted molar refractivity (Wildman–Crippen MR) is 114 cm³/mol. The highest BCUT2D eigenvalue weighted by Gasteiger charge is 2.30. The molecule has 1 atom stereocenters. The molecule has 3 aromatic rings. The second-order valence-corrected chi connectivity index (χ2v) is 7.26. The van der Waals surface area contributed by atoms with Gasteiger partial charge in [-0.25, -0.2) is 9.78 Å². The van der Waals surface area contributed by atoms with Gasteiger partial charge in [-0.3, -0.25) is 4.79 Å². The molecule has 2 aromatic carbocycles. The summed E-state index contributed by atoms with van der Waals surface area (Å²) < 4.78 is 6.60. The molecule has 31 heavy (non-hydrogen) atoms. The van der Waals surface area contributed by atoms with Gasteiger partial charge in [-0.2, -0.15) is 0 Å². The molecular formula is C23H24N4O4. The summed E-state index contributed by atoms with van der Waals surface area (Å²) in [6.45, 7) is 3.14. The van der Waals surface area contributed by atoms with Crippen molar-refractivity contribution in [2.75, 3.05) is 13.7 Å². The number of imidazole rings is 1. The fourth-order valence-electron chi connectivity index (χ4n) is 3.65. The van der Waals surface area contributed by atoms with Crippen molar-refractivity contribution < 1.29 is 19.2 Å². The molecule has 0 bridgehead atoms. The van der Waals surface area contributed by atoms with Crippen LogP contribution in [0.15, 0.2) is 60.7 Å². The number of amides is 1. The molecule has 8 nitrogen and oxygen atoms in total. The largest absolute Gasteiger partial charge is 0.527 e. The lowest BCUT2D eigenvalue weighted by atomic mass is 10.1. The second-order valence-electron chi connectivity index (χ2n) is 7.26. The number of benzene rings is 2. The maximum Gasteiger partial charge on any atom is 0.527 e. The number of carbonyl (C=O) groups is 2. The summed E-state index contributed by atoms with van der Waals surface area (Å²) in [5, 5.41) is 4.51. The van der Waals surface area contributed by atoms with Crippen LogP contribution in [0.5, 0.6) is 0 Å². The van der Waals surface area contributed by atoms with Crippen molar-refractivity contribution in [2.24, 2.45) is 0 Å². The predicted octanol–water partition coefficient (Wildman–Crippen LogP) is 3.55. The first-order chi connectivity index (χ1) is 15.1. The first kappa shape index (κ1) is 20.6. The third-order valence-electron chi connectivity index (χ3n) is 5.24. The Hall–Kier alpha value is -3.65.